The van der Waals surface area contributed by atoms with Crippen molar-refractivity contribution in [1.29, 1.82) is 0 Å². The second-order valence-corrected chi connectivity index (χ2v) is 5.51. The molecule has 1 atom stereocenters. The Morgan fingerprint density at radius 3 is 2.25 bits per heavy atom. The van der Waals surface area contributed by atoms with E-state index in [1.807, 2.05) is 19.1 Å². The second kappa shape index (κ2) is 8.26. The van der Waals surface area contributed by atoms with Crippen molar-refractivity contribution in [2.75, 3.05) is 11.9 Å². The van der Waals surface area contributed by atoms with Gasteiger partial charge in [-0.3, -0.25) is 9.59 Å². The first kappa shape index (κ1) is 17.7. The van der Waals surface area contributed by atoms with Crippen molar-refractivity contribution in [1.82, 2.24) is 0 Å². The van der Waals surface area contributed by atoms with Crippen LogP contribution in [0.2, 0.25) is 0 Å². The number of ketones is 1. The number of amides is 1. The molecule has 0 aromatic heterocycles. The number of Topliss-reactive ketones (excluding diaryl/α,β-unsaturated/α-hetero) is 1. The highest BCUT2D eigenvalue weighted by molar-refractivity contribution is 5.95. The van der Waals surface area contributed by atoms with Crippen molar-refractivity contribution in [2.24, 2.45) is 5.73 Å². The number of benzene rings is 2. The molecule has 126 valence electrons. The van der Waals surface area contributed by atoms with Crippen LogP contribution in [0.4, 0.5) is 5.69 Å². The zero-order chi connectivity index (χ0) is 17.5. The van der Waals surface area contributed by atoms with Gasteiger partial charge in [-0.2, -0.15) is 0 Å². The molecule has 24 heavy (non-hydrogen) atoms. The van der Waals surface area contributed by atoms with Gasteiger partial charge in [-0.25, -0.2) is 0 Å². The molecular formula is C19H22N2O3. The van der Waals surface area contributed by atoms with Gasteiger partial charge in [0.1, 0.15) is 5.75 Å². The van der Waals surface area contributed by atoms with E-state index in [4.69, 9.17) is 10.5 Å². The molecular weight excluding hydrogens is 304 g/mol. The number of hydrogen-bond acceptors (Lipinski definition) is 4. The average Bonchev–Trinajstić information content (AvgIpc) is 2.57. The van der Waals surface area contributed by atoms with E-state index in [1.165, 1.54) is 6.92 Å². The zero-order valence-electron chi connectivity index (χ0n) is 13.9. The Bertz CT molecular complexity index is 694. The molecule has 0 unspecified atom stereocenters. The smallest absolute Gasteiger partial charge is 0.241 e. The third-order valence-corrected chi connectivity index (χ3v) is 3.59. The molecule has 0 fully saturated rings. The van der Waals surface area contributed by atoms with Gasteiger partial charge in [-0.1, -0.05) is 24.3 Å². The highest BCUT2D eigenvalue weighted by atomic mass is 16.5. The van der Waals surface area contributed by atoms with E-state index in [1.54, 1.807) is 36.4 Å². The van der Waals surface area contributed by atoms with E-state index in [0.717, 1.165) is 11.3 Å². The minimum absolute atomic E-state index is 0.0130. The summed E-state index contributed by atoms with van der Waals surface area (Å²) >= 11 is 0. The van der Waals surface area contributed by atoms with E-state index in [0.29, 0.717) is 24.3 Å². The van der Waals surface area contributed by atoms with Crippen LogP contribution in [-0.2, 0) is 11.2 Å². The minimum Gasteiger partial charge on any atom is -0.494 e. The van der Waals surface area contributed by atoms with Crippen molar-refractivity contribution in [3.63, 3.8) is 0 Å². The lowest BCUT2D eigenvalue weighted by molar-refractivity contribution is -0.117. The molecule has 0 saturated carbocycles. The van der Waals surface area contributed by atoms with E-state index in [9.17, 15) is 9.59 Å². The first-order valence-electron chi connectivity index (χ1n) is 7.88. The molecule has 0 spiro atoms. The van der Waals surface area contributed by atoms with Crippen LogP contribution in [-0.4, -0.2) is 24.3 Å². The molecule has 5 nitrogen and oxygen atoms in total. The van der Waals surface area contributed by atoms with Crippen LogP contribution in [0.1, 0.15) is 29.8 Å². The Hall–Kier alpha value is -2.66. The monoisotopic (exact) mass is 326 g/mol. The summed E-state index contributed by atoms with van der Waals surface area (Å²) < 4.78 is 5.36. The number of rotatable bonds is 7. The van der Waals surface area contributed by atoms with Crippen molar-refractivity contribution in [2.45, 2.75) is 26.3 Å². The molecule has 5 heteroatoms. The van der Waals surface area contributed by atoms with Crippen LogP contribution in [0, 0.1) is 0 Å². The molecule has 1 amide bonds. The summed E-state index contributed by atoms with van der Waals surface area (Å²) in [4.78, 5) is 23.4. The lowest BCUT2D eigenvalue weighted by atomic mass is 10.0. The number of carbonyl (C=O) groups excluding carboxylic acids is 2. The van der Waals surface area contributed by atoms with Gasteiger partial charge in [0.25, 0.3) is 0 Å². The fraction of sp³-hybridized carbons (Fsp3) is 0.263. The largest absolute Gasteiger partial charge is 0.494 e. The van der Waals surface area contributed by atoms with Crippen LogP contribution in [0.5, 0.6) is 5.75 Å². The zero-order valence-corrected chi connectivity index (χ0v) is 13.9. The Kier molecular flexibility index (Phi) is 6.09. The van der Waals surface area contributed by atoms with Gasteiger partial charge in [-0.05, 0) is 50.1 Å². The lowest BCUT2D eigenvalue weighted by Gasteiger charge is -2.13. The van der Waals surface area contributed by atoms with Crippen LogP contribution in [0.3, 0.4) is 0 Å². The van der Waals surface area contributed by atoms with Gasteiger partial charge in [0, 0.05) is 11.3 Å². The molecule has 0 radical (unpaired) electrons. The fourth-order valence-electron chi connectivity index (χ4n) is 2.26. The Morgan fingerprint density at radius 2 is 1.71 bits per heavy atom. The van der Waals surface area contributed by atoms with Gasteiger partial charge < -0.3 is 15.8 Å². The van der Waals surface area contributed by atoms with Crippen LogP contribution in [0.25, 0.3) is 0 Å². The summed E-state index contributed by atoms with van der Waals surface area (Å²) in [5, 5.41) is 2.79. The Labute approximate surface area is 141 Å². The van der Waals surface area contributed by atoms with Crippen molar-refractivity contribution < 1.29 is 14.3 Å². The van der Waals surface area contributed by atoms with Crippen LogP contribution in [0.15, 0.2) is 48.5 Å². The number of anilines is 1. The minimum atomic E-state index is -0.667. The second-order valence-electron chi connectivity index (χ2n) is 5.51. The molecule has 0 aliphatic rings. The predicted octanol–water partition coefficient (Wildman–Crippen LogP) is 2.80. The van der Waals surface area contributed by atoms with E-state index in [2.05, 4.69) is 5.32 Å². The SMILES string of the molecule is CCOc1ccc(NC(=O)[C@@H](N)Cc2ccc(C(C)=O)cc2)cc1. The van der Waals surface area contributed by atoms with Gasteiger partial charge in [-0.15, -0.1) is 0 Å². The third kappa shape index (κ3) is 4.93. The molecule has 3 N–H and O–H groups in total. The normalized spacial score (nSPS) is 11.6. The number of hydrogen-bond donors (Lipinski definition) is 2. The lowest BCUT2D eigenvalue weighted by Crippen LogP contribution is -2.37. The highest BCUT2D eigenvalue weighted by Crippen LogP contribution is 2.16. The summed E-state index contributed by atoms with van der Waals surface area (Å²) in [5.41, 5.74) is 8.20. The number of carbonyl (C=O) groups is 2. The van der Waals surface area contributed by atoms with Gasteiger partial charge >= 0.3 is 0 Å². The molecule has 2 aromatic rings. The first-order valence-corrected chi connectivity index (χ1v) is 7.88. The topological polar surface area (TPSA) is 81.4 Å². The first-order chi connectivity index (χ1) is 11.5. The van der Waals surface area contributed by atoms with Crippen molar-refractivity contribution in [3.05, 3.63) is 59.7 Å². The Balaban J connectivity index is 1.92. The number of nitrogens with two attached hydrogens (primary N) is 1. The fourth-order valence-corrected chi connectivity index (χ4v) is 2.26. The maximum atomic E-state index is 12.2. The highest BCUT2D eigenvalue weighted by Gasteiger charge is 2.14. The quantitative estimate of drug-likeness (QED) is 0.767. The summed E-state index contributed by atoms with van der Waals surface area (Å²) in [6.07, 6.45) is 0.404. The summed E-state index contributed by atoms with van der Waals surface area (Å²) in [5.74, 6) is 0.513. The molecule has 0 saturated heterocycles. The standard InChI is InChI=1S/C19H22N2O3/c1-3-24-17-10-8-16(9-11-17)21-19(23)18(20)12-14-4-6-15(7-5-14)13(2)22/h4-11,18H,3,12,20H2,1-2H3,(H,21,23)/t18-/m0/s1. The summed E-state index contributed by atoms with van der Waals surface area (Å²) in [6.45, 7) is 4.03. The Morgan fingerprint density at radius 1 is 1.08 bits per heavy atom. The molecule has 2 aromatic carbocycles. The molecule has 0 aliphatic carbocycles. The van der Waals surface area contributed by atoms with E-state index >= 15 is 0 Å². The van der Waals surface area contributed by atoms with Crippen molar-refractivity contribution >= 4 is 17.4 Å². The van der Waals surface area contributed by atoms with Crippen molar-refractivity contribution in [3.8, 4) is 5.75 Å². The molecule has 2 rings (SSSR count). The van der Waals surface area contributed by atoms with Gasteiger partial charge in [0.2, 0.25) is 5.91 Å². The summed E-state index contributed by atoms with van der Waals surface area (Å²) in [7, 11) is 0. The predicted molar refractivity (Wildman–Crippen MR) is 94.4 cm³/mol. The summed E-state index contributed by atoms with van der Waals surface area (Å²) in [6, 6.07) is 13.6. The van der Waals surface area contributed by atoms with Crippen LogP contribution < -0.4 is 15.8 Å². The van der Waals surface area contributed by atoms with Gasteiger partial charge in [0.15, 0.2) is 5.78 Å². The maximum absolute atomic E-state index is 12.2. The molecule has 0 heterocycles. The van der Waals surface area contributed by atoms with Gasteiger partial charge in [0.05, 0.1) is 12.6 Å². The van der Waals surface area contributed by atoms with E-state index in [-0.39, 0.29) is 11.7 Å². The van der Waals surface area contributed by atoms with E-state index < -0.39 is 6.04 Å². The molecule has 0 aliphatic heterocycles. The maximum Gasteiger partial charge on any atom is 0.241 e. The molecule has 0 bridgehead atoms. The average molecular weight is 326 g/mol. The third-order valence-electron chi connectivity index (χ3n) is 3.59. The number of nitrogens with one attached hydrogen (secondary N) is 1. The van der Waals surface area contributed by atoms with Crippen LogP contribution >= 0.6 is 0 Å². The number of ether oxygens (including phenoxy) is 1.